The van der Waals surface area contributed by atoms with Gasteiger partial charge in [-0.05, 0) is 72.3 Å². The topological polar surface area (TPSA) is 57.1 Å². The molecule has 27 heavy (non-hydrogen) atoms. The number of hydrogen-bond donors (Lipinski definition) is 0. The van der Waals surface area contributed by atoms with Crippen molar-refractivity contribution in [1.29, 1.82) is 0 Å². The summed E-state index contributed by atoms with van der Waals surface area (Å²) in [4.78, 5) is 16.3. The summed E-state index contributed by atoms with van der Waals surface area (Å²) in [6.07, 6.45) is 1.56. The number of halogens is 2. The van der Waals surface area contributed by atoms with E-state index in [-0.39, 0.29) is 23.3 Å². The molecule has 7 heteroatoms. The highest BCUT2D eigenvalue weighted by Gasteiger charge is 2.26. The Bertz CT molecular complexity index is 953. The van der Waals surface area contributed by atoms with Gasteiger partial charge in [-0.25, -0.2) is 14.2 Å². The molecule has 3 rings (SSSR count). The molecule has 0 saturated heterocycles. The fourth-order valence-electron chi connectivity index (χ4n) is 2.49. The first-order chi connectivity index (χ1) is 12.9. The molecule has 140 valence electrons. The minimum Gasteiger partial charge on any atom is -0.493 e. The van der Waals surface area contributed by atoms with Crippen molar-refractivity contribution >= 4 is 40.5 Å². The number of hydrogen-bond acceptors (Lipinski definition) is 5. The van der Waals surface area contributed by atoms with Crippen molar-refractivity contribution in [2.24, 2.45) is 4.99 Å². The summed E-state index contributed by atoms with van der Waals surface area (Å²) < 4.78 is 31.0. The van der Waals surface area contributed by atoms with Gasteiger partial charge in [0.15, 0.2) is 17.2 Å². The van der Waals surface area contributed by atoms with Gasteiger partial charge >= 0.3 is 5.97 Å². The summed E-state index contributed by atoms with van der Waals surface area (Å²) in [5.74, 6) is -0.000806. The molecule has 0 fully saturated rings. The Labute approximate surface area is 170 Å². The molecule has 0 bridgehead atoms. The van der Waals surface area contributed by atoms with Crippen LogP contribution in [0.25, 0.3) is 6.08 Å². The van der Waals surface area contributed by atoms with Crippen molar-refractivity contribution < 1.29 is 23.4 Å². The van der Waals surface area contributed by atoms with E-state index >= 15 is 0 Å². The van der Waals surface area contributed by atoms with Crippen LogP contribution in [-0.4, -0.2) is 25.1 Å². The molecule has 1 aliphatic rings. The van der Waals surface area contributed by atoms with Crippen LogP contribution in [0.3, 0.4) is 0 Å². The number of benzene rings is 2. The number of aliphatic imine (C=N–C) groups is 1. The maximum atomic E-state index is 13.9. The Kier molecular flexibility index (Phi) is 5.79. The standard InChI is InChI=1S/C20H17FINO4/c1-11(2)26-18-15(22)8-12(10-17(18)25-3)9-16-20(24)27-19(23-16)13-6-4-5-7-14(13)21/h4-11H,1-3H3/b16-9-. The van der Waals surface area contributed by atoms with Crippen LogP contribution >= 0.6 is 22.6 Å². The molecule has 1 heterocycles. The number of cyclic esters (lactones) is 1. The Balaban J connectivity index is 1.98. The van der Waals surface area contributed by atoms with E-state index < -0.39 is 11.8 Å². The summed E-state index contributed by atoms with van der Waals surface area (Å²) >= 11 is 2.14. The molecule has 0 spiro atoms. The van der Waals surface area contributed by atoms with Crippen LogP contribution in [0.15, 0.2) is 47.1 Å². The lowest BCUT2D eigenvalue weighted by atomic mass is 10.1. The van der Waals surface area contributed by atoms with E-state index in [0.29, 0.717) is 17.1 Å². The first-order valence-corrected chi connectivity index (χ1v) is 9.28. The fraction of sp³-hybridized carbons (Fsp3) is 0.200. The van der Waals surface area contributed by atoms with E-state index in [0.717, 1.165) is 3.57 Å². The first kappa shape index (κ1) is 19.3. The number of carbonyl (C=O) groups excluding carboxylic acids is 1. The second-order valence-corrected chi connectivity index (χ2v) is 7.18. The summed E-state index contributed by atoms with van der Waals surface area (Å²) in [7, 11) is 1.55. The van der Waals surface area contributed by atoms with Crippen LogP contribution in [0, 0.1) is 9.39 Å². The summed E-state index contributed by atoms with van der Waals surface area (Å²) in [5.41, 5.74) is 0.920. The molecule has 0 saturated carbocycles. The number of esters is 1. The average molecular weight is 481 g/mol. The van der Waals surface area contributed by atoms with E-state index in [2.05, 4.69) is 27.6 Å². The van der Waals surface area contributed by atoms with Crippen LogP contribution in [0.2, 0.25) is 0 Å². The molecular weight excluding hydrogens is 464 g/mol. The maximum absolute atomic E-state index is 13.9. The minimum atomic E-state index is -0.635. The van der Waals surface area contributed by atoms with E-state index in [1.807, 2.05) is 19.9 Å². The van der Waals surface area contributed by atoms with Gasteiger partial charge in [0.1, 0.15) is 5.82 Å². The molecule has 0 amide bonds. The van der Waals surface area contributed by atoms with Crippen LogP contribution in [-0.2, 0) is 9.53 Å². The van der Waals surface area contributed by atoms with Crippen LogP contribution in [0.1, 0.15) is 25.0 Å². The molecule has 5 nitrogen and oxygen atoms in total. The fourth-order valence-corrected chi connectivity index (χ4v) is 3.24. The van der Waals surface area contributed by atoms with Gasteiger partial charge in [0.05, 0.1) is 22.3 Å². The van der Waals surface area contributed by atoms with Crippen LogP contribution in [0.5, 0.6) is 11.5 Å². The Morgan fingerprint density at radius 2 is 2.00 bits per heavy atom. The summed E-state index contributed by atoms with van der Waals surface area (Å²) in [5, 5.41) is 0. The molecule has 0 unspecified atom stereocenters. The second kappa shape index (κ2) is 8.08. The van der Waals surface area contributed by atoms with Crippen molar-refractivity contribution in [2.75, 3.05) is 7.11 Å². The van der Waals surface area contributed by atoms with Crippen molar-refractivity contribution in [3.63, 3.8) is 0 Å². The highest BCUT2D eigenvalue weighted by Crippen LogP contribution is 2.35. The SMILES string of the molecule is COc1cc(/C=C2\N=C(c3ccccc3F)OC2=O)cc(I)c1OC(C)C. The van der Waals surface area contributed by atoms with Gasteiger partial charge in [-0.2, -0.15) is 0 Å². The highest BCUT2D eigenvalue weighted by atomic mass is 127. The molecule has 2 aromatic carbocycles. The van der Waals surface area contributed by atoms with Gasteiger partial charge in [0.25, 0.3) is 0 Å². The van der Waals surface area contributed by atoms with E-state index in [1.165, 1.54) is 12.1 Å². The van der Waals surface area contributed by atoms with Gasteiger partial charge in [-0.15, -0.1) is 0 Å². The Morgan fingerprint density at radius 3 is 2.67 bits per heavy atom. The summed E-state index contributed by atoms with van der Waals surface area (Å²) in [6.45, 7) is 3.86. The van der Waals surface area contributed by atoms with Gasteiger partial charge in [0, 0.05) is 0 Å². The van der Waals surface area contributed by atoms with Crippen molar-refractivity contribution in [2.45, 2.75) is 20.0 Å². The smallest absolute Gasteiger partial charge is 0.363 e. The molecule has 0 radical (unpaired) electrons. The van der Waals surface area contributed by atoms with Crippen LogP contribution < -0.4 is 9.47 Å². The average Bonchev–Trinajstić information content (AvgIpc) is 2.97. The molecule has 1 aliphatic heterocycles. The maximum Gasteiger partial charge on any atom is 0.363 e. The molecule has 0 aliphatic carbocycles. The summed E-state index contributed by atoms with van der Waals surface area (Å²) in [6, 6.07) is 9.59. The number of methoxy groups -OCH3 is 1. The Hall–Kier alpha value is -2.42. The molecule has 0 atom stereocenters. The number of carbonyl (C=O) groups is 1. The highest BCUT2D eigenvalue weighted by molar-refractivity contribution is 14.1. The lowest BCUT2D eigenvalue weighted by molar-refractivity contribution is -0.129. The van der Waals surface area contributed by atoms with Gasteiger partial charge in [0.2, 0.25) is 5.90 Å². The third-order valence-corrected chi connectivity index (χ3v) is 4.43. The van der Waals surface area contributed by atoms with E-state index in [4.69, 9.17) is 14.2 Å². The molecule has 0 aromatic heterocycles. The zero-order valence-corrected chi connectivity index (χ0v) is 17.1. The van der Waals surface area contributed by atoms with E-state index in [9.17, 15) is 9.18 Å². The van der Waals surface area contributed by atoms with Gasteiger partial charge in [-0.1, -0.05) is 12.1 Å². The predicted octanol–water partition coefficient (Wildman–Crippen LogP) is 4.57. The molecule has 0 N–H and O–H groups in total. The monoisotopic (exact) mass is 481 g/mol. The van der Waals surface area contributed by atoms with Crippen molar-refractivity contribution in [1.82, 2.24) is 0 Å². The van der Waals surface area contributed by atoms with Gasteiger partial charge < -0.3 is 14.2 Å². The third-order valence-electron chi connectivity index (χ3n) is 3.63. The normalized spacial score (nSPS) is 15.1. The third kappa shape index (κ3) is 4.29. The van der Waals surface area contributed by atoms with Gasteiger partial charge in [-0.3, -0.25) is 0 Å². The molecular formula is C20H17FINO4. The quantitative estimate of drug-likeness (QED) is 0.357. The number of nitrogens with zero attached hydrogens (tertiary/aromatic N) is 1. The predicted molar refractivity (Wildman–Crippen MR) is 108 cm³/mol. The zero-order chi connectivity index (χ0) is 19.6. The minimum absolute atomic E-state index is 0.00522. The number of ether oxygens (including phenoxy) is 3. The lowest BCUT2D eigenvalue weighted by Crippen LogP contribution is -2.08. The van der Waals surface area contributed by atoms with E-state index in [1.54, 1.807) is 31.4 Å². The van der Waals surface area contributed by atoms with Crippen molar-refractivity contribution in [3.05, 3.63) is 62.6 Å². The number of rotatable bonds is 5. The van der Waals surface area contributed by atoms with Crippen molar-refractivity contribution in [3.8, 4) is 11.5 Å². The second-order valence-electron chi connectivity index (χ2n) is 6.02. The largest absolute Gasteiger partial charge is 0.493 e. The van der Waals surface area contributed by atoms with Crippen LogP contribution in [0.4, 0.5) is 4.39 Å². The zero-order valence-electron chi connectivity index (χ0n) is 15.0. The first-order valence-electron chi connectivity index (χ1n) is 8.20. The molecule has 2 aromatic rings. The lowest BCUT2D eigenvalue weighted by Gasteiger charge is -2.15. The Morgan fingerprint density at radius 1 is 1.26 bits per heavy atom.